The predicted molar refractivity (Wildman–Crippen MR) is 125 cm³/mol. The molecular formula is C24H28N4O3S. The van der Waals surface area contributed by atoms with Crippen molar-refractivity contribution in [1.82, 2.24) is 15.1 Å². The van der Waals surface area contributed by atoms with Crippen LogP contribution in [0.1, 0.15) is 31.2 Å². The minimum Gasteiger partial charge on any atom is -0.484 e. The Morgan fingerprint density at radius 1 is 1.03 bits per heavy atom. The quantitative estimate of drug-likeness (QED) is 0.474. The molecule has 4 rings (SSSR count). The second-order valence-electron chi connectivity index (χ2n) is 7.97. The molecule has 2 aromatic carbocycles. The zero-order valence-corrected chi connectivity index (χ0v) is 19.3. The van der Waals surface area contributed by atoms with Crippen LogP contribution >= 0.6 is 11.8 Å². The second-order valence-corrected chi connectivity index (χ2v) is 8.89. The molecule has 3 aromatic rings. The molecule has 1 fully saturated rings. The van der Waals surface area contributed by atoms with Crippen LogP contribution < -0.4 is 9.64 Å². The van der Waals surface area contributed by atoms with E-state index >= 15 is 0 Å². The van der Waals surface area contributed by atoms with Gasteiger partial charge in [0.05, 0.1) is 5.75 Å². The van der Waals surface area contributed by atoms with Gasteiger partial charge in [0.2, 0.25) is 5.91 Å². The molecule has 1 amide bonds. The summed E-state index contributed by atoms with van der Waals surface area (Å²) in [7, 11) is 0. The van der Waals surface area contributed by atoms with Crippen molar-refractivity contribution in [2.75, 3.05) is 36.8 Å². The lowest BCUT2D eigenvalue weighted by atomic mass is 10.0. The Kier molecular flexibility index (Phi) is 7.32. The lowest BCUT2D eigenvalue weighted by Gasteiger charge is -2.36. The number of thioether (sulfide) groups is 1. The predicted octanol–water partition coefficient (Wildman–Crippen LogP) is 4.21. The average Bonchev–Trinajstić information content (AvgIpc) is 3.30. The third-order valence-electron chi connectivity index (χ3n) is 5.43. The first-order chi connectivity index (χ1) is 15.6. The summed E-state index contributed by atoms with van der Waals surface area (Å²) < 4.78 is 11.3. The summed E-state index contributed by atoms with van der Waals surface area (Å²) in [6.45, 7) is 7.61. The van der Waals surface area contributed by atoms with E-state index in [-0.39, 0.29) is 18.3 Å². The summed E-state index contributed by atoms with van der Waals surface area (Å²) >= 11 is 1.27. The zero-order valence-electron chi connectivity index (χ0n) is 18.4. The monoisotopic (exact) mass is 452 g/mol. The second kappa shape index (κ2) is 10.5. The number of hydrogen-bond acceptors (Lipinski definition) is 7. The van der Waals surface area contributed by atoms with E-state index in [9.17, 15) is 4.79 Å². The van der Waals surface area contributed by atoms with Gasteiger partial charge in [-0.15, -0.1) is 10.2 Å². The smallest absolute Gasteiger partial charge is 0.277 e. The van der Waals surface area contributed by atoms with Crippen LogP contribution in [0.5, 0.6) is 5.75 Å². The number of ether oxygens (including phenoxy) is 1. The summed E-state index contributed by atoms with van der Waals surface area (Å²) in [5.74, 6) is 2.00. The van der Waals surface area contributed by atoms with Crippen molar-refractivity contribution in [2.45, 2.75) is 31.6 Å². The first-order valence-corrected chi connectivity index (χ1v) is 11.8. The molecule has 8 heteroatoms. The summed E-state index contributed by atoms with van der Waals surface area (Å²) in [5, 5.41) is 8.42. The molecule has 1 aromatic heterocycles. The van der Waals surface area contributed by atoms with Gasteiger partial charge in [0.25, 0.3) is 11.1 Å². The third-order valence-corrected chi connectivity index (χ3v) is 6.23. The molecule has 0 atom stereocenters. The Morgan fingerprint density at radius 2 is 1.75 bits per heavy atom. The van der Waals surface area contributed by atoms with Crippen LogP contribution in [-0.4, -0.2) is 52.9 Å². The van der Waals surface area contributed by atoms with Crippen molar-refractivity contribution in [3.63, 3.8) is 0 Å². The number of anilines is 1. The third kappa shape index (κ3) is 5.82. The standard InChI is InChI=1S/C24H28N4O3S/c1-18(2)19-8-10-21(11-9-19)30-16-22-25-26-24(31-22)32-17-23(29)28-14-12-27(13-15-28)20-6-4-3-5-7-20/h3-11,18H,12-17H2,1-2H3. The fraction of sp³-hybridized carbons (Fsp3) is 0.375. The molecule has 1 aliphatic heterocycles. The molecule has 0 N–H and O–H groups in total. The fourth-order valence-corrected chi connectivity index (χ4v) is 4.20. The highest BCUT2D eigenvalue weighted by Gasteiger charge is 2.22. The largest absolute Gasteiger partial charge is 0.484 e. The molecule has 32 heavy (non-hydrogen) atoms. The maximum absolute atomic E-state index is 12.6. The topological polar surface area (TPSA) is 71.7 Å². The van der Waals surface area contributed by atoms with Gasteiger partial charge in [-0.3, -0.25) is 4.79 Å². The zero-order chi connectivity index (χ0) is 22.3. The summed E-state index contributed by atoms with van der Waals surface area (Å²) in [4.78, 5) is 16.8. The van der Waals surface area contributed by atoms with E-state index in [1.54, 1.807) is 0 Å². The lowest BCUT2D eigenvalue weighted by Crippen LogP contribution is -2.49. The van der Waals surface area contributed by atoms with E-state index in [0.717, 1.165) is 18.8 Å². The van der Waals surface area contributed by atoms with Crippen molar-refractivity contribution in [1.29, 1.82) is 0 Å². The van der Waals surface area contributed by atoms with E-state index < -0.39 is 0 Å². The molecular weight excluding hydrogens is 424 g/mol. The van der Waals surface area contributed by atoms with Gasteiger partial charge in [-0.2, -0.15) is 0 Å². The van der Waals surface area contributed by atoms with E-state index in [0.29, 0.717) is 30.1 Å². The van der Waals surface area contributed by atoms with Gasteiger partial charge >= 0.3 is 0 Å². The Balaban J connectivity index is 1.20. The number of nitrogens with zero attached hydrogens (tertiary/aromatic N) is 4. The number of rotatable bonds is 8. The van der Waals surface area contributed by atoms with Crippen LogP contribution in [0.2, 0.25) is 0 Å². The number of carbonyl (C=O) groups excluding carboxylic acids is 1. The van der Waals surface area contributed by atoms with Crippen LogP contribution in [-0.2, 0) is 11.4 Å². The number of hydrogen-bond donors (Lipinski definition) is 0. The summed E-state index contributed by atoms with van der Waals surface area (Å²) in [6, 6.07) is 18.3. The summed E-state index contributed by atoms with van der Waals surface area (Å²) in [6.07, 6.45) is 0. The highest BCUT2D eigenvalue weighted by atomic mass is 32.2. The van der Waals surface area contributed by atoms with E-state index in [4.69, 9.17) is 9.15 Å². The van der Waals surface area contributed by atoms with Gasteiger partial charge < -0.3 is 19.0 Å². The molecule has 7 nitrogen and oxygen atoms in total. The van der Waals surface area contributed by atoms with Gasteiger partial charge in [0.15, 0.2) is 6.61 Å². The normalized spacial score (nSPS) is 14.1. The molecule has 0 unspecified atom stereocenters. The first kappa shape index (κ1) is 22.2. The number of para-hydroxylation sites is 1. The molecule has 0 bridgehead atoms. The van der Waals surface area contributed by atoms with Gasteiger partial charge in [0.1, 0.15) is 5.75 Å². The number of piperazine rings is 1. The molecule has 0 aliphatic carbocycles. The van der Waals surface area contributed by atoms with E-state index in [2.05, 4.69) is 53.2 Å². The van der Waals surface area contributed by atoms with Gasteiger partial charge in [-0.05, 0) is 35.7 Å². The number of benzene rings is 2. The minimum absolute atomic E-state index is 0.0870. The minimum atomic E-state index is 0.0870. The van der Waals surface area contributed by atoms with Crippen LogP contribution in [0.15, 0.2) is 64.2 Å². The van der Waals surface area contributed by atoms with Crippen LogP contribution in [0.25, 0.3) is 0 Å². The van der Waals surface area contributed by atoms with Gasteiger partial charge in [-0.25, -0.2) is 0 Å². The Labute approximate surface area is 192 Å². The Bertz CT molecular complexity index is 1000. The van der Waals surface area contributed by atoms with Gasteiger partial charge in [-0.1, -0.05) is 55.9 Å². The SMILES string of the molecule is CC(C)c1ccc(OCc2nnc(SCC(=O)N3CCN(c4ccccc4)CC3)o2)cc1. The van der Waals surface area contributed by atoms with Crippen molar-refractivity contribution in [2.24, 2.45) is 0 Å². The molecule has 0 spiro atoms. The lowest BCUT2D eigenvalue weighted by molar-refractivity contribution is -0.128. The number of amides is 1. The highest BCUT2D eigenvalue weighted by Crippen LogP contribution is 2.21. The first-order valence-electron chi connectivity index (χ1n) is 10.8. The van der Waals surface area contributed by atoms with Crippen LogP contribution in [0, 0.1) is 0 Å². The van der Waals surface area contributed by atoms with E-state index in [1.807, 2.05) is 35.2 Å². The number of aromatic nitrogens is 2. The molecule has 168 valence electrons. The maximum atomic E-state index is 12.6. The van der Waals surface area contributed by atoms with Crippen molar-refractivity contribution >= 4 is 23.4 Å². The van der Waals surface area contributed by atoms with E-state index in [1.165, 1.54) is 23.0 Å². The number of carbonyl (C=O) groups is 1. The van der Waals surface area contributed by atoms with Crippen LogP contribution in [0.4, 0.5) is 5.69 Å². The highest BCUT2D eigenvalue weighted by molar-refractivity contribution is 7.99. The van der Waals surface area contributed by atoms with Crippen molar-refractivity contribution in [3.8, 4) is 5.75 Å². The van der Waals surface area contributed by atoms with Crippen LogP contribution in [0.3, 0.4) is 0 Å². The molecule has 1 saturated heterocycles. The van der Waals surface area contributed by atoms with Gasteiger partial charge in [0, 0.05) is 31.9 Å². The van der Waals surface area contributed by atoms with Crippen molar-refractivity contribution in [3.05, 3.63) is 66.1 Å². The molecule has 2 heterocycles. The molecule has 0 saturated carbocycles. The average molecular weight is 453 g/mol. The fourth-order valence-electron chi connectivity index (χ4n) is 3.52. The summed E-state index contributed by atoms with van der Waals surface area (Å²) in [5.41, 5.74) is 2.46. The Morgan fingerprint density at radius 3 is 2.44 bits per heavy atom. The Hall–Kier alpha value is -3.00. The maximum Gasteiger partial charge on any atom is 0.277 e. The molecule has 0 radical (unpaired) electrons. The van der Waals surface area contributed by atoms with Crippen molar-refractivity contribution < 1.29 is 13.9 Å². The molecule has 1 aliphatic rings.